The maximum atomic E-state index is 10.7. The molecule has 0 unspecified atom stereocenters. The van der Waals surface area contributed by atoms with Crippen LogP contribution in [0.2, 0.25) is 0 Å². The van der Waals surface area contributed by atoms with Gasteiger partial charge in [-0.25, -0.2) is 11.8 Å². The Kier molecular flexibility index (Phi) is 4.25. The first-order valence-electron chi connectivity index (χ1n) is 4.11. The van der Waals surface area contributed by atoms with Crippen molar-refractivity contribution in [2.24, 2.45) is 11.8 Å². The van der Waals surface area contributed by atoms with E-state index in [-0.39, 0.29) is 0 Å². The van der Waals surface area contributed by atoms with Gasteiger partial charge >= 0.3 is 7.12 Å². The fourth-order valence-corrected chi connectivity index (χ4v) is 1.18. The van der Waals surface area contributed by atoms with Crippen molar-refractivity contribution in [3.63, 3.8) is 0 Å². The summed E-state index contributed by atoms with van der Waals surface area (Å²) in [5.41, 5.74) is 0.900. The van der Waals surface area contributed by atoms with E-state index in [1.54, 1.807) is 12.1 Å². The number of hydrogen-bond acceptors (Lipinski definition) is 6. The molecule has 1 aromatic carbocycles. The minimum absolute atomic E-state index is 0.370. The van der Waals surface area contributed by atoms with E-state index in [1.165, 1.54) is 13.2 Å². The number of carbonyl (C=O) groups excluding carboxylic acids is 1. The van der Waals surface area contributed by atoms with E-state index in [4.69, 9.17) is 16.5 Å². The van der Waals surface area contributed by atoms with Crippen LogP contribution in [-0.4, -0.2) is 20.5 Å². The van der Waals surface area contributed by atoms with Crippen LogP contribution in [0.15, 0.2) is 18.2 Å². The lowest BCUT2D eigenvalue weighted by molar-refractivity contribution is 0.112. The van der Waals surface area contributed by atoms with Crippen molar-refractivity contribution in [3.8, 4) is 5.75 Å². The van der Waals surface area contributed by atoms with Gasteiger partial charge in [0.05, 0.1) is 12.7 Å². The zero-order chi connectivity index (χ0) is 11.3. The lowest BCUT2D eigenvalue weighted by Gasteiger charge is -2.09. The largest absolute Gasteiger partial charge is 0.528 e. The highest BCUT2D eigenvalue weighted by Gasteiger charge is 2.21. The molecule has 1 rings (SSSR count). The van der Waals surface area contributed by atoms with Gasteiger partial charge in [-0.05, 0) is 17.6 Å². The molecular formula is C8H11BN2O4. The third-order valence-corrected chi connectivity index (χ3v) is 1.90. The van der Waals surface area contributed by atoms with Crippen molar-refractivity contribution in [3.05, 3.63) is 23.8 Å². The summed E-state index contributed by atoms with van der Waals surface area (Å²) in [6.07, 6.45) is 0.659. The van der Waals surface area contributed by atoms with E-state index in [0.717, 1.165) is 0 Å². The van der Waals surface area contributed by atoms with Gasteiger partial charge in [0.1, 0.15) is 5.75 Å². The Labute approximate surface area is 87.1 Å². The summed E-state index contributed by atoms with van der Waals surface area (Å²) in [6, 6.07) is 4.76. The molecule has 0 aliphatic heterocycles. The Balaban J connectivity index is 3.06. The Morgan fingerprint density at radius 1 is 1.33 bits per heavy atom. The number of benzene rings is 1. The predicted molar refractivity (Wildman–Crippen MR) is 54.3 cm³/mol. The van der Waals surface area contributed by atoms with E-state index in [0.29, 0.717) is 23.1 Å². The second kappa shape index (κ2) is 5.47. The fraction of sp³-hybridized carbons (Fsp3) is 0.125. The number of ether oxygens (including phenoxy) is 1. The molecule has 0 aliphatic carbocycles. The third-order valence-electron chi connectivity index (χ3n) is 1.90. The lowest BCUT2D eigenvalue weighted by atomic mass is 9.79. The molecule has 1 aromatic rings. The van der Waals surface area contributed by atoms with E-state index < -0.39 is 7.12 Å². The summed E-state index contributed by atoms with van der Waals surface area (Å²) in [6.45, 7) is 0. The standard InChI is InChI=1S/C8H11BN2O4/c1-13-8-3-2-7(4-6(8)5-12)9(14-10)15-11/h2-5H,10-11H2,1H3. The summed E-state index contributed by atoms with van der Waals surface area (Å²) in [4.78, 5) is 10.7. The van der Waals surface area contributed by atoms with Crippen LogP contribution in [0, 0.1) is 0 Å². The van der Waals surface area contributed by atoms with Gasteiger partial charge in [0.2, 0.25) is 0 Å². The SMILES string of the molecule is COc1ccc(B(ON)ON)cc1C=O. The van der Waals surface area contributed by atoms with E-state index in [2.05, 4.69) is 9.51 Å². The van der Waals surface area contributed by atoms with Gasteiger partial charge in [0.15, 0.2) is 6.29 Å². The van der Waals surface area contributed by atoms with Crippen molar-refractivity contribution < 1.29 is 19.0 Å². The van der Waals surface area contributed by atoms with Crippen molar-refractivity contribution >= 4 is 18.9 Å². The Bertz CT molecular complexity index is 343. The smallest absolute Gasteiger partial charge is 0.496 e. The van der Waals surface area contributed by atoms with Crippen LogP contribution in [0.3, 0.4) is 0 Å². The summed E-state index contributed by atoms with van der Waals surface area (Å²) < 4.78 is 13.9. The predicted octanol–water partition coefficient (Wildman–Crippen LogP) is -1.02. The number of nitrogens with two attached hydrogens (primary N) is 2. The average molecular weight is 210 g/mol. The minimum Gasteiger partial charge on any atom is -0.496 e. The highest BCUT2D eigenvalue weighted by atomic mass is 16.7. The molecule has 80 valence electrons. The Hall–Kier alpha value is -1.41. The van der Waals surface area contributed by atoms with Gasteiger partial charge < -0.3 is 14.2 Å². The van der Waals surface area contributed by atoms with E-state index in [9.17, 15) is 4.79 Å². The number of rotatable bonds is 5. The number of hydrogen-bond donors (Lipinski definition) is 2. The molecule has 0 saturated heterocycles. The zero-order valence-corrected chi connectivity index (χ0v) is 8.17. The van der Waals surface area contributed by atoms with E-state index >= 15 is 0 Å². The van der Waals surface area contributed by atoms with Crippen LogP contribution in [0.1, 0.15) is 10.4 Å². The minimum atomic E-state index is -0.908. The van der Waals surface area contributed by atoms with Crippen LogP contribution in [0.4, 0.5) is 0 Å². The van der Waals surface area contributed by atoms with E-state index in [1.807, 2.05) is 0 Å². The molecule has 4 N–H and O–H groups in total. The molecule has 0 amide bonds. The molecule has 0 aromatic heterocycles. The van der Waals surface area contributed by atoms with Crippen LogP contribution < -0.4 is 22.0 Å². The van der Waals surface area contributed by atoms with Gasteiger partial charge in [0.25, 0.3) is 0 Å². The molecule has 0 aliphatic rings. The van der Waals surface area contributed by atoms with Crippen molar-refractivity contribution in [2.45, 2.75) is 0 Å². The summed E-state index contributed by atoms with van der Waals surface area (Å²) in [7, 11) is 0.563. The van der Waals surface area contributed by atoms with Gasteiger partial charge in [0, 0.05) is 0 Å². The second-order valence-corrected chi connectivity index (χ2v) is 2.72. The average Bonchev–Trinajstić information content (AvgIpc) is 2.30. The molecule has 0 spiro atoms. The van der Waals surface area contributed by atoms with Crippen LogP contribution in [0.25, 0.3) is 0 Å². The Morgan fingerprint density at radius 3 is 2.47 bits per heavy atom. The molecular weight excluding hydrogens is 199 g/mol. The summed E-state index contributed by atoms with van der Waals surface area (Å²) in [5, 5.41) is 0. The molecule has 0 saturated carbocycles. The first-order valence-corrected chi connectivity index (χ1v) is 4.11. The first-order chi connectivity index (χ1) is 7.26. The Morgan fingerprint density at radius 2 is 2.00 bits per heavy atom. The number of methoxy groups -OCH3 is 1. The van der Waals surface area contributed by atoms with Crippen molar-refractivity contribution in [1.29, 1.82) is 0 Å². The molecule has 0 atom stereocenters. The maximum Gasteiger partial charge on any atom is 0.528 e. The number of aldehydes is 1. The quantitative estimate of drug-likeness (QED) is 0.367. The summed E-state index contributed by atoms with van der Waals surface area (Å²) in [5.74, 6) is 10.4. The lowest BCUT2D eigenvalue weighted by Crippen LogP contribution is -2.41. The van der Waals surface area contributed by atoms with Gasteiger partial charge in [-0.15, -0.1) is 0 Å². The number of carbonyl (C=O) groups is 1. The van der Waals surface area contributed by atoms with Crippen molar-refractivity contribution in [2.75, 3.05) is 7.11 Å². The first kappa shape index (κ1) is 11.7. The summed E-state index contributed by atoms with van der Waals surface area (Å²) >= 11 is 0. The molecule has 15 heavy (non-hydrogen) atoms. The van der Waals surface area contributed by atoms with Gasteiger partial charge in [-0.1, -0.05) is 6.07 Å². The molecule has 0 bridgehead atoms. The van der Waals surface area contributed by atoms with Gasteiger partial charge in [-0.3, -0.25) is 4.79 Å². The van der Waals surface area contributed by atoms with Gasteiger partial charge in [-0.2, -0.15) is 0 Å². The monoisotopic (exact) mass is 210 g/mol. The van der Waals surface area contributed by atoms with Crippen LogP contribution in [0.5, 0.6) is 5.75 Å². The highest BCUT2D eigenvalue weighted by molar-refractivity contribution is 6.61. The second-order valence-electron chi connectivity index (χ2n) is 2.72. The van der Waals surface area contributed by atoms with Crippen molar-refractivity contribution in [1.82, 2.24) is 0 Å². The fourth-order valence-electron chi connectivity index (χ4n) is 1.18. The normalized spacial score (nSPS) is 9.80. The molecule has 0 heterocycles. The molecule has 6 nitrogen and oxygen atoms in total. The molecule has 0 radical (unpaired) electrons. The zero-order valence-electron chi connectivity index (χ0n) is 8.17. The molecule has 7 heteroatoms. The highest BCUT2D eigenvalue weighted by Crippen LogP contribution is 2.13. The third kappa shape index (κ3) is 2.54. The maximum absolute atomic E-state index is 10.7. The topological polar surface area (TPSA) is 96.8 Å². The van der Waals surface area contributed by atoms with Crippen LogP contribution >= 0.6 is 0 Å². The van der Waals surface area contributed by atoms with Crippen LogP contribution in [-0.2, 0) is 9.51 Å². The molecule has 0 fully saturated rings.